The first-order valence-electron chi connectivity index (χ1n) is 7.88. The second kappa shape index (κ2) is 8.15. The van der Waals surface area contributed by atoms with Crippen molar-refractivity contribution in [1.29, 1.82) is 0 Å². The lowest BCUT2D eigenvalue weighted by Gasteiger charge is -2.19. The summed E-state index contributed by atoms with van der Waals surface area (Å²) in [5.41, 5.74) is 1.79. The summed E-state index contributed by atoms with van der Waals surface area (Å²) in [6.45, 7) is 6.06. The molecular formula is C18H22F2N2O2. The van der Waals surface area contributed by atoms with Gasteiger partial charge in [-0.1, -0.05) is 13.0 Å². The molecule has 2 aromatic rings. The van der Waals surface area contributed by atoms with Crippen LogP contribution in [0.4, 0.5) is 8.78 Å². The van der Waals surface area contributed by atoms with Gasteiger partial charge in [0.15, 0.2) is 0 Å². The molecule has 0 aliphatic heterocycles. The van der Waals surface area contributed by atoms with Gasteiger partial charge in [-0.05, 0) is 31.9 Å². The van der Waals surface area contributed by atoms with Gasteiger partial charge in [-0.2, -0.15) is 4.98 Å². The second-order valence-electron chi connectivity index (χ2n) is 5.66. The van der Waals surface area contributed by atoms with Gasteiger partial charge in [-0.3, -0.25) is 0 Å². The molecule has 0 spiro atoms. The van der Waals surface area contributed by atoms with Gasteiger partial charge in [0, 0.05) is 25.2 Å². The van der Waals surface area contributed by atoms with Crippen molar-refractivity contribution >= 4 is 0 Å². The van der Waals surface area contributed by atoms with Crippen LogP contribution in [0.25, 0.3) is 0 Å². The van der Waals surface area contributed by atoms with Gasteiger partial charge in [-0.25, -0.2) is 13.8 Å². The molecule has 0 bridgehead atoms. The molecule has 1 aromatic carbocycles. The van der Waals surface area contributed by atoms with Crippen LogP contribution in [0, 0.1) is 25.5 Å². The maximum absolute atomic E-state index is 13.9. The van der Waals surface area contributed by atoms with Crippen LogP contribution in [-0.2, 0) is 11.2 Å². The summed E-state index contributed by atoms with van der Waals surface area (Å²) < 4.78 is 38.0. The Labute approximate surface area is 140 Å². The van der Waals surface area contributed by atoms with Crippen molar-refractivity contribution in [2.75, 3.05) is 13.7 Å². The zero-order valence-electron chi connectivity index (χ0n) is 14.4. The average molecular weight is 336 g/mol. The van der Waals surface area contributed by atoms with E-state index < -0.39 is 11.6 Å². The highest BCUT2D eigenvalue weighted by Gasteiger charge is 2.16. The lowest BCUT2D eigenvalue weighted by atomic mass is 10.1. The molecule has 2 rings (SSSR count). The highest BCUT2D eigenvalue weighted by atomic mass is 19.1. The maximum Gasteiger partial charge on any atom is 0.220 e. The van der Waals surface area contributed by atoms with Crippen LogP contribution in [0.3, 0.4) is 0 Å². The molecule has 0 fully saturated rings. The van der Waals surface area contributed by atoms with Crippen LogP contribution in [0.1, 0.15) is 36.0 Å². The van der Waals surface area contributed by atoms with Crippen LogP contribution >= 0.6 is 0 Å². The van der Waals surface area contributed by atoms with Gasteiger partial charge in [0.05, 0.1) is 12.3 Å². The fraction of sp³-hybridized carbons (Fsp3) is 0.444. The normalized spacial score (nSPS) is 12.2. The average Bonchev–Trinajstić information content (AvgIpc) is 2.53. The van der Waals surface area contributed by atoms with Crippen LogP contribution < -0.4 is 4.74 Å². The minimum absolute atomic E-state index is 0.113. The second-order valence-corrected chi connectivity index (χ2v) is 5.66. The molecular weight excluding hydrogens is 314 g/mol. The summed E-state index contributed by atoms with van der Waals surface area (Å²) in [7, 11) is 1.62. The van der Waals surface area contributed by atoms with Crippen molar-refractivity contribution < 1.29 is 18.3 Å². The van der Waals surface area contributed by atoms with Crippen LogP contribution in [0.2, 0.25) is 0 Å². The molecule has 0 aliphatic rings. The van der Waals surface area contributed by atoms with Crippen molar-refractivity contribution in [3.05, 3.63) is 52.5 Å². The number of aromatic nitrogens is 2. The molecule has 1 heterocycles. The van der Waals surface area contributed by atoms with E-state index in [1.54, 1.807) is 14.0 Å². The Kier molecular flexibility index (Phi) is 6.20. The van der Waals surface area contributed by atoms with Gasteiger partial charge >= 0.3 is 0 Å². The predicted molar refractivity (Wildman–Crippen MR) is 87.3 cm³/mol. The molecule has 0 amide bonds. The molecule has 1 unspecified atom stereocenters. The molecule has 0 saturated heterocycles. The number of benzene rings is 1. The molecule has 1 aromatic heterocycles. The lowest BCUT2D eigenvalue weighted by molar-refractivity contribution is 0.0748. The van der Waals surface area contributed by atoms with E-state index in [0.29, 0.717) is 29.6 Å². The van der Waals surface area contributed by atoms with Crippen LogP contribution in [0.15, 0.2) is 18.2 Å². The molecule has 0 N–H and O–H groups in total. The fourth-order valence-corrected chi connectivity index (χ4v) is 2.37. The first-order chi connectivity index (χ1) is 11.4. The molecule has 24 heavy (non-hydrogen) atoms. The van der Waals surface area contributed by atoms with Crippen LogP contribution in [0.5, 0.6) is 5.88 Å². The number of methoxy groups -OCH3 is 1. The Bertz CT molecular complexity index is 708. The molecule has 130 valence electrons. The van der Waals surface area contributed by atoms with E-state index in [4.69, 9.17) is 9.47 Å². The number of nitrogens with zero attached hydrogens (tertiary/aromatic N) is 2. The number of ether oxygens (including phenoxy) is 2. The summed E-state index contributed by atoms with van der Waals surface area (Å²) in [5, 5.41) is 0. The molecule has 1 atom stereocenters. The SMILES string of the molecule is CCC(COC)Oc1nc(C)nc(Cc2ccc(F)cc2F)c1C. The van der Waals surface area contributed by atoms with Gasteiger partial charge in [-0.15, -0.1) is 0 Å². The van der Waals surface area contributed by atoms with Gasteiger partial charge in [0.1, 0.15) is 23.6 Å². The van der Waals surface area contributed by atoms with Gasteiger partial charge in [0.25, 0.3) is 0 Å². The third-order valence-corrected chi connectivity index (χ3v) is 3.77. The minimum Gasteiger partial charge on any atom is -0.472 e. The largest absolute Gasteiger partial charge is 0.472 e. The number of rotatable bonds is 7. The maximum atomic E-state index is 13.9. The number of hydrogen-bond donors (Lipinski definition) is 0. The van der Waals surface area contributed by atoms with Crippen molar-refractivity contribution in [2.24, 2.45) is 0 Å². The highest BCUT2D eigenvalue weighted by Crippen LogP contribution is 2.23. The fourth-order valence-electron chi connectivity index (χ4n) is 2.37. The summed E-state index contributed by atoms with van der Waals surface area (Å²) in [5.74, 6) is -0.163. The lowest BCUT2D eigenvalue weighted by Crippen LogP contribution is -2.23. The monoisotopic (exact) mass is 336 g/mol. The van der Waals surface area contributed by atoms with Gasteiger partial charge < -0.3 is 9.47 Å². The Balaban J connectivity index is 2.30. The number of hydrogen-bond acceptors (Lipinski definition) is 4. The molecule has 4 nitrogen and oxygen atoms in total. The van der Waals surface area contributed by atoms with Gasteiger partial charge in [0.2, 0.25) is 5.88 Å². The topological polar surface area (TPSA) is 44.2 Å². The van der Waals surface area contributed by atoms with E-state index in [2.05, 4.69) is 9.97 Å². The smallest absolute Gasteiger partial charge is 0.220 e. The van der Waals surface area contributed by atoms with Crippen molar-refractivity contribution in [3.8, 4) is 5.88 Å². The van der Waals surface area contributed by atoms with Crippen molar-refractivity contribution in [1.82, 2.24) is 9.97 Å². The first kappa shape index (κ1) is 18.3. The van der Waals surface area contributed by atoms with E-state index in [1.807, 2.05) is 13.8 Å². The van der Waals surface area contributed by atoms with E-state index in [-0.39, 0.29) is 12.5 Å². The predicted octanol–water partition coefficient (Wildman–Crippen LogP) is 3.77. The van der Waals surface area contributed by atoms with E-state index >= 15 is 0 Å². The Morgan fingerprint density at radius 2 is 1.92 bits per heavy atom. The standard InChI is InChI=1S/C18H22F2N2O2/c1-5-15(10-23-4)24-18-11(2)17(21-12(3)22-18)8-13-6-7-14(19)9-16(13)20/h6-7,9,15H,5,8,10H2,1-4H3. The van der Waals surface area contributed by atoms with Crippen molar-refractivity contribution in [3.63, 3.8) is 0 Å². The Morgan fingerprint density at radius 1 is 1.17 bits per heavy atom. The Hall–Kier alpha value is -2.08. The summed E-state index contributed by atoms with van der Waals surface area (Å²) in [6, 6.07) is 3.55. The summed E-state index contributed by atoms with van der Waals surface area (Å²) in [6.07, 6.45) is 0.912. The molecule has 0 radical (unpaired) electrons. The highest BCUT2D eigenvalue weighted by molar-refractivity contribution is 5.34. The zero-order valence-corrected chi connectivity index (χ0v) is 14.4. The van der Waals surface area contributed by atoms with Crippen molar-refractivity contribution in [2.45, 2.75) is 39.7 Å². The third kappa shape index (κ3) is 4.47. The first-order valence-corrected chi connectivity index (χ1v) is 7.88. The third-order valence-electron chi connectivity index (χ3n) is 3.77. The quantitative estimate of drug-likeness (QED) is 0.772. The minimum atomic E-state index is -0.596. The summed E-state index contributed by atoms with van der Waals surface area (Å²) in [4.78, 5) is 8.73. The zero-order chi connectivity index (χ0) is 17.7. The van der Waals surface area contributed by atoms with E-state index in [0.717, 1.165) is 18.1 Å². The van der Waals surface area contributed by atoms with E-state index in [9.17, 15) is 8.78 Å². The summed E-state index contributed by atoms with van der Waals surface area (Å²) >= 11 is 0. The molecule has 6 heteroatoms. The molecule has 0 aliphatic carbocycles. The Morgan fingerprint density at radius 3 is 2.54 bits per heavy atom. The van der Waals surface area contributed by atoms with E-state index in [1.165, 1.54) is 12.1 Å². The van der Waals surface area contributed by atoms with Crippen LogP contribution in [-0.4, -0.2) is 29.8 Å². The molecule has 0 saturated carbocycles. The number of aryl methyl sites for hydroxylation is 1. The number of halogens is 2.